The van der Waals surface area contributed by atoms with Gasteiger partial charge in [-0.25, -0.2) is 13.1 Å². The fraction of sp³-hybridized carbons (Fsp3) is 0. The van der Waals surface area contributed by atoms with E-state index in [0.29, 0.717) is 5.75 Å². The summed E-state index contributed by atoms with van der Waals surface area (Å²) < 4.78 is 37.2. The molecule has 0 bridgehead atoms. The monoisotopic (exact) mass is 400 g/mol. The van der Waals surface area contributed by atoms with Crippen LogP contribution in [0.2, 0.25) is 5.02 Å². The van der Waals surface area contributed by atoms with Crippen LogP contribution in [0.3, 0.4) is 0 Å². The summed E-state index contributed by atoms with van der Waals surface area (Å²) in [5.41, 5.74) is 0.278. The normalized spacial score (nSPS) is 10.6. The summed E-state index contributed by atoms with van der Waals surface area (Å²) in [5, 5.41) is 21.8. The van der Waals surface area contributed by atoms with Crippen LogP contribution in [0.15, 0.2) is 58.1 Å². The Balaban J connectivity index is 1.90. The average molecular weight is 401 g/mol. The van der Waals surface area contributed by atoms with Crippen molar-refractivity contribution in [2.75, 3.05) is 4.72 Å². The number of aromatic nitrogens is 1. The summed E-state index contributed by atoms with van der Waals surface area (Å²) in [5.74, 6) is 0.379. The molecule has 2 aromatic carbocycles. The molecule has 0 radical (unpaired) electrons. The smallest absolute Gasteiger partial charge is 0.264 e. The summed E-state index contributed by atoms with van der Waals surface area (Å²) in [6.45, 7) is 0. The van der Waals surface area contributed by atoms with Crippen LogP contribution < -0.4 is 9.46 Å². The molecule has 0 unspecified atom stereocenters. The lowest BCUT2D eigenvalue weighted by molar-refractivity contribution is 0.435. The maximum atomic E-state index is 12.4. The van der Waals surface area contributed by atoms with Crippen molar-refractivity contribution in [3.05, 3.63) is 64.8 Å². The van der Waals surface area contributed by atoms with Crippen LogP contribution >= 0.6 is 11.6 Å². The number of nitrogens with one attached hydrogen (secondary N) is 1. The van der Waals surface area contributed by atoms with Gasteiger partial charge in [-0.15, -0.1) is 0 Å². The van der Waals surface area contributed by atoms with Crippen molar-refractivity contribution < 1.29 is 17.7 Å². The standard InChI is InChI=1S/C17H9ClN4O4S/c18-15-8-13(2-1-11(15)9-19)25-16-4-3-14(7-12(16)10-20)27(23,24)22-17-5-6-21-26-17/h1-8,22H. The van der Waals surface area contributed by atoms with E-state index in [0.717, 1.165) is 0 Å². The minimum Gasteiger partial charge on any atom is -0.456 e. The highest BCUT2D eigenvalue weighted by molar-refractivity contribution is 7.92. The van der Waals surface area contributed by atoms with Gasteiger partial charge in [0, 0.05) is 12.1 Å². The number of hydrogen-bond donors (Lipinski definition) is 1. The number of rotatable bonds is 5. The van der Waals surface area contributed by atoms with Gasteiger partial charge in [0.25, 0.3) is 10.0 Å². The van der Waals surface area contributed by atoms with E-state index in [1.165, 1.54) is 48.7 Å². The van der Waals surface area contributed by atoms with Gasteiger partial charge in [0.15, 0.2) is 0 Å². The maximum absolute atomic E-state index is 12.4. The Morgan fingerprint density at radius 3 is 2.48 bits per heavy atom. The molecule has 0 spiro atoms. The Bertz CT molecular complexity index is 1180. The van der Waals surface area contributed by atoms with Crippen LogP contribution in [0.1, 0.15) is 11.1 Å². The SMILES string of the molecule is N#Cc1ccc(Oc2ccc(S(=O)(=O)Nc3ccno3)cc2C#N)cc1Cl. The Morgan fingerprint density at radius 2 is 1.85 bits per heavy atom. The number of anilines is 1. The zero-order chi connectivity index (χ0) is 19.4. The van der Waals surface area contributed by atoms with Crippen molar-refractivity contribution in [2.45, 2.75) is 4.90 Å². The molecule has 10 heteroatoms. The van der Waals surface area contributed by atoms with E-state index in [-0.39, 0.29) is 32.7 Å². The van der Waals surface area contributed by atoms with Gasteiger partial charge in [-0.2, -0.15) is 10.5 Å². The Morgan fingerprint density at radius 1 is 1.07 bits per heavy atom. The van der Waals surface area contributed by atoms with E-state index in [9.17, 15) is 13.7 Å². The maximum Gasteiger partial charge on any atom is 0.264 e. The number of halogens is 1. The second-order valence-corrected chi connectivity index (χ2v) is 7.20. The summed E-state index contributed by atoms with van der Waals surface area (Å²) in [7, 11) is -3.97. The van der Waals surface area contributed by atoms with Crippen LogP contribution in [0.5, 0.6) is 11.5 Å². The fourth-order valence-corrected chi connectivity index (χ4v) is 3.31. The molecule has 134 valence electrons. The van der Waals surface area contributed by atoms with Gasteiger partial charge in [-0.3, -0.25) is 0 Å². The number of sulfonamides is 1. The quantitative estimate of drug-likeness (QED) is 0.691. The largest absolute Gasteiger partial charge is 0.456 e. The zero-order valence-corrected chi connectivity index (χ0v) is 15.0. The second kappa shape index (κ2) is 7.38. The van der Waals surface area contributed by atoms with Crippen LogP contribution in [0.4, 0.5) is 5.88 Å². The van der Waals surface area contributed by atoms with E-state index in [1.54, 1.807) is 0 Å². The van der Waals surface area contributed by atoms with Gasteiger partial charge in [-0.1, -0.05) is 16.8 Å². The van der Waals surface area contributed by atoms with Crippen molar-refractivity contribution >= 4 is 27.5 Å². The van der Waals surface area contributed by atoms with E-state index >= 15 is 0 Å². The van der Waals surface area contributed by atoms with Gasteiger partial charge < -0.3 is 9.26 Å². The van der Waals surface area contributed by atoms with Crippen molar-refractivity contribution in [1.82, 2.24) is 5.16 Å². The number of ether oxygens (including phenoxy) is 1. The summed E-state index contributed by atoms with van der Waals surface area (Å²) in [4.78, 5) is -0.152. The van der Waals surface area contributed by atoms with E-state index in [2.05, 4.69) is 9.88 Å². The predicted octanol–water partition coefficient (Wildman–Crippen LogP) is 3.66. The number of nitrogens with zero attached hydrogens (tertiary/aromatic N) is 3. The first-order valence-electron chi connectivity index (χ1n) is 7.28. The van der Waals surface area contributed by atoms with Crippen molar-refractivity contribution in [3.63, 3.8) is 0 Å². The molecule has 1 heterocycles. The Labute approximate surface area is 159 Å². The molecule has 3 aromatic rings. The van der Waals surface area contributed by atoms with Gasteiger partial charge in [0.1, 0.15) is 23.6 Å². The molecular weight excluding hydrogens is 392 g/mol. The third-order valence-electron chi connectivity index (χ3n) is 3.34. The Hall–Kier alpha value is -3.53. The topological polar surface area (TPSA) is 129 Å². The molecule has 0 saturated carbocycles. The Kier molecular flexibility index (Phi) is 4.99. The molecule has 0 atom stereocenters. The lowest BCUT2D eigenvalue weighted by Crippen LogP contribution is -2.12. The molecule has 0 fully saturated rings. The van der Waals surface area contributed by atoms with Gasteiger partial charge in [0.2, 0.25) is 5.88 Å². The molecule has 8 nitrogen and oxygen atoms in total. The molecule has 1 N–H and O–H groups in total. The fourth-order valence-electron chi connectivity index (χ4n) is 2.09. The summed E-state index contributed by atoms with van der Waals surface area (Å²) >= 11 is 5.95. The number of hydrogen-bond acceptors (Lipinski definition) is 7. The highest BCUT2D eigenvalue weighted by Crippen LogP contribution is 2.30. The van der Waals surface area contributed by atoms with Crippen LogP contribution in [0.25, 0.3) is 0 Å². The van der Waals surface area contributed by atoms with Gasteiger partial charge >= 0.3 is 0 Å². The van der Waals surface area contributed by atoms with Gasteiger partial charge in [0.05, 0.1) is 27.2 Å². The molecule has 1 aromatic heterocycles. The molecule has 27 heavy (non-hydrogen) atoms. The molecule has 0 amide bonds. The highest BCUT2D eigenvalue weighted by Gasteiger charge is 2.19. The first-order chi connectivity index (χ1) is 12.9. The molecular formula is C17H9ClN4O4S. The summed E-state index contributed by atoms with van der Waals surface area (Å²) in [6.07, 6.45) is 1.29. The lowest BCUT2D eigenvalue weighted by Gasteiger charge is -2.10. The third kappa shape index (κ3) is 4.01. The first-order valence-corrected chi connectivity index (χ1v) is 9.14. The second-order valence-electron chi connectivity index (χ2n) is 5.11. The van der Waals surface area contributed by atoms with Crippen molar-refractivity contribution in [1.29, 1.82) is 10.5 Å². The molecule has 0 aliphatic carbocycles. The minimum absolute atomic E-state index is 0.00377. The van der Waals surface area contributed by atoms with E-state index < -0.39 is 10.0 Å². The number of benzene rings is 2. The first kappa shape index (κ1) is 18.3. The summed E-state index contributed by atoms with van der Waals surface area (Å²) in [6, 6.07) is 13.4. The van der Waals surface area contributed by atoms with Crippen molar-refractivity contribution in [2.24, 2.45) is 0 Å². The highest BCUT2D eigenvalue weighted by atomic mass is 35.5. The van der Waals surface area contributed by atoms with Gasteiger partial charge in [-0.05, 0) is 30.3 Å². The van der Waals surface area contributed by atoms with Crippen LogP contribution in [-0.4, -0.2) is 13.6 Å². The molecule has 0 aliphatic heterocycles. The lowest BCUT2D eigenvalue weighted by atomic mass is 10.2. The zero-order valence-electron chi connectivity index (χ0n) is 13.4. The molecule has 0 aliphatic rings. The molecule has 3 rings (SSSR count). The minimum atomic E-state index is -3.97. The van der Waals surface area contributed by atoms with E-state index in [4.69, 9.17) is 26.1 Å². The van der Waals surface area contributed by atoms with Crippen LogP contribution in [-0.2, 0) is 10.0 Å². The van der Waals surface area contributed by atoms with Crippen molar-refractivity contribution in [3.8, 4) is 23.6 Å². The van der Waals surface area contributed by atoms with E-state index in [1.807, 2.05) is 12.1 Å². The number of nitriles is 2. The predicted molar refractivity (Wildman–Crippen MR) is 94.7 cm³/mol. The molecule has 0 saturated heterocycles. The van der Waals surface area contributed by atoms with Crippen LogP contribution in [0, 0.1) is 22.7 Å². The average Bonchev–Trinajstić information content (AvgIpc) is 3.14. The third-order valence-corrected chi connectivity index (χ3v) is 5.00.